The second-order valence-electron chi connectivity index (χ2n) is 3.52. The summed E-state index contributed by atoms with van der Waals surface area (Å²) in [4.78, 5) is 11.3. The van der Waals surface area contributed by atoms with Crippen LogP contribution in [0.5, 0.6) is 0 Å². The van der Waals surface area contributed by atoms with Gasteiger partial charge < -0.3 is 0 Å². The van der Waals surface area contributed by atoms with E-state index in [9.17, 15) is 9.18 Å². The van der Waals surface area contributed by atoms with Gasteiger partial charge in [0.05, 0.1) is 0 Å². The van der Waals surface area contributed by atoms with Crippen LogP contribution in [-0.2, 0) is 11.2 Å². The van der Waals surface area contributed by atoms with Crippen LogP contribution in [0.2, 0.25) is 0 Å². The molecule has 0 aliphatic heterocycles. The van der Waals surface area contributed by atoms with Crippen LogP contribution in [0.4, 0.5) is 4.39 Å². The van der Waals surface area contributed by atoms with Crippen molar-refractivity contribution in [1.82, 2.24) is 0 Å². The number of hydrogen-bond donors (Lipinski definition) is 0. The Bertz CT molecular complexity index is 349. The van der Waals surface area contributed by atoms with Gasteiger partial charge >= 0.3 is 0 Å². The topological polar surface area (TPSA) is 17.1 Å². The molecule has 1 rings (SSSR count). The van der Waals surface area contributed by atoms with E-state index in [-0.39, 0.29) is 11.6 Å². The average Bonchev–Trinajstić information content (AvgIpc) is 2.20. The molecule has 15 heavy (non-hydrogen) atoms. The number of ketones is 1. The van der Waals surface area contributed by atoms with Gasteiger partial charge in [-0.1, -0.05) is 22.9 Å². The van der Waals surface area contributed by atoms with E-state index in [1.807, 2.05) is 6.92 Å². The summed E-state index contributed by atoms with van der Waals surface area (Å²) in [5.41, 5.74) is 0.861. The lowest BCUT2D eigenvalue weighted by molar-refractivity contribution is -0.119. The number of carbonyl (C=O) groups is 1. The second-order valence-corrected chi connectivity index (χ2v) is 4.38. The lowest BCUT2D eigenvalue weighted by Gasteiger charge is -2.03. The van der Waals surface area contributed by atoms with Crippen molar-refractivity contribution >= 4 is 21.7 Å². The first-order valence-electron chi connectivity index (χ1n) is 5.09. The Morgan fingerprint density at radius 3 is 2.80 bits per heavy atom. The van der Waals surface area contributed by atoms with Crippen molar-refractivity contribution in [2.24, 2.45) is 0 Å². The van der Waals surface area contributed by atoms with E-state index in [0.717, 1.165) is 16.5 Å². The summed E-state index contributed by atoms with van der Waals surface area (Å²) in [5.74, 6) is -0.00944. The molecule has 0 saturated carbocycles. The highest BCUT2D eigenvalue weighted by molar-refractivity contribution is 9.10. The number of rotatable bonds is 5. The van der Waals surface area contributed by atoms with Gasteiger partial charge in [0.15, 0.2) is 0 Å². The van der Waals surface area contributed by atoms with E-state index >= 15 is 0 Å². The van der Waals surface area contributed by atoms with E-state index in [2.05, 4.69) is 15.9 Å². The minimum absolute atomic E-state index is 0.244. The largest absolute Gasteiger partial charge is 0.300 e. The summed E-state index contributed by atoms with van der Waals surface area (Å²) in [6, 6.07) is 4.56. The van der Waals surface area contributed by atoms with Crippen LogP contribution in [0.15, 0.2) is 22.7 Å². The molecule has 0 atom stereocenters. The molecule has 0 radical (unpaired) electrons. The van der Waals surface area contributed by atoms with Gasteiger partial charge in [-0.05, 0) is 36.6 Å². The predicted molar refractivity (Wildman–Crippen MR) is 62.3 cm³/mol. The number of halogens is 2. The molecule has 0 N–H and O–H groups in total. The minimum Gasteiger partial charge on any atom is -0.300 e. The van der Waals surface area contributed by atoms with Gasteiger partial charge in [0.1, 0.15) is 11.6 Å². The highest BCUT2D eigenvalue weighted by atomic mass is 79.9. The van der Waals surface area contributed by atoms with Gasteiger partial charge in [-0.3, -0.25) is 4.79 Å². The molecule has 1 aromatic carbocycles. The van der Waals surface area contributed by atoms with Crippen LogP contribution in [0.1, 0.15) is 31.7 Å². The number of carbonyl (C=O) groups excluding carboxylic acids is 1. The Labute approximate surface area is 97.8 Å². The van der Waals surface area contributed by atoms with E-state index in [1.54, 1.807) is 6.07 Å². The molecule has 0 bridgehead atoms. The zero-order valence-corrected chi connectivity index (χ0v) is 10.3. The monoisotopic (exact) mass is 272 g/mol. The first-order valence-corrected chi connectivity index (χ1v) is 5.88. The number of aryl methyl sites for hydroxylation is 1. The fourth-order valence-corrected chi connectivity index (χ4v) is 1.86. The number of Topliss-reactive ketones (excluding diaryl/α,β-unsaturated/α-hetero) is 1. The third-order valence-corrected chi connectivity index (χ3v) is 2.98. The Kier molecular flexibility index (Phi) is 4.95. The van der Waals surface area contributed by atoms with Gasteiger partial charge in [0.2, 0.25) is 0 Å². The fraction of sp³-hybridized carbons (Fsp3) is 0.417. The first kappa shape index (κ1) is 12.4. The molecule has 0 fully saturated rings. The molecular weight excluding hydrogens is 259 g/mol. The Morgan fingerprint density at radius 2 is 2.13 bits per heavy atom. The van der Waals surface area contributed by atoms with Crippen LogP contribution < -0.4 is 0 Å². The smallest absolute Gasteiger partial charge is 0.133 e. The quantitative estimate of drug-likeness (QED) is 0.795. The summed E-state index contributed by atoms with van der Waals surface area (Å²) < 4.78 is 13.8. The van der Waals surface area contributed by atoms with Crippen molar-refractivity contribution in [3.8, 4) is 0 Å². The van der Waals surface area contributed by atoms with Crippen LogP contribution in [0.25, 0.3) is 0 Å². The van der Waals surface area contributed by atoms with Crippen LogP contribution in [0.3, 0.4) is 0 Å². The van der Waals surface area contributed by atoms with Crippen molar-refractivity contribution in [3.05, 3.63) is 34.1 Å². The van der Waals surface area contributed by atoms with Crippen molar-refractivity contribution in [2.75, 3.05) is 0 Å². The molecule has 0 heterocycles. The van der Waals surface area contributed by atoms with E-state index < -0.39 is 0 Å². The summed E-state index contributed by atoms with van der Waals surface area (Å²) in [5, 5.41) is 0. The van der Waals surface area contributed by atoms with Crippen LogP contribution >= 0.6 is 15.9 Å². The Morgan fingerprint density at radius 1 is 1.40 bits per heavy atom. The van der Waals surface area contributed by atoms with Crippen molar-refractivity contribution in [2.45, 2.75) is 32.6 Å². The molecular formula is C12H14BrFO. The van der Waals surface area contributed by atoms with Crippen LogP contribution in [-0.4, -0.2) is 5.78 Å². The molecule has 0 aliphatic carbocycles. The third-order valence-electron chi connectivity index (χ3n) is 2.21. The molecule has 1 nitrogen and oxygen atoms in total. The molecule has 1 aromatic rings. The molecule has 0 aromatic heterocycles. The highest BCUT2D eigenvalue weighted by Gasteiger charge is 2.05. The predicted octanol–water partition coefficient (Wildman–Crippen LogP) is 3.89. The number of benzene rings is 1. The lowest BCUT2D eigenvalue weighted by Crippen LogP contribution is -2.00. The van der Waals surface area contributed by atoms with Crippen LogP contribution in [0, 0.1) is 5.82 Å². The maximum atomic E-state index is 12.9. The molecule has 0 aliphatic rings. The van der Waals surface area contributed by atoms with Gasteiger partial charge in [-0.2, -0.15) is 0 Å². The van der Waals surface area contributed by atoms with Gasteiger partial charge in [-0.15, -0.1) is 0 Å². The first-order chi connectivity index (χ1) is 7.13. The van der Waals surface area contributed by atoms with E-state index in [0.29, 0.717) is 19.3 Å². The molecule has 0 amide bonds. The van der Waals surface area contributed by atoms with Gasteiger partial charge in [-0.25, -0.2) is 4.39 Å². The zero-order chi connectivity index (χ0) is 11.3. The molecule has 3 heteroatoms. The average molecular weight is 273 g/mol. The van der Waals surface area contributed by atoms with Crippen molar-refractivity contribution in [1.29, 1.82) is 0 Å². The maximum Gasteiger partial charge on any atom is 0.133 e. The highest BCUT2D eigenvalue weighted by Crippen LogP contribution is 2.19. The normalized spacial score (nSPS) is 10.3. The second kappa shape index (κ2) is 6.01. The summed E-state index contributed by atoms with van der Waals surface area (Å²) in [6.07, 6.45) is 2.60. The lowest BCUT2D eigenvalue weighted by atomic mass is 10.1. The summed E-state index contributed by atoms with van der Waals surface area (Å²) >= 11 is 3.34. The molecule has 0 spiro atoms. The van der Waals surface area contributed by atoms with Crippen molar-refractivity contribution < 1.29 is 9.18 Å². The molecule has 0 unspecified atom stereocenters. The van der Waals surface area contributed by atoms with Gasteiger partial charge in [0, 0.05) is 17.3 Å². The minimum atomic E-state index is -0.254. The molecule has 82 valence electrons. The summed E-state index contributed by atoms with van der Waals surface area (Å²) in [7, 11) is 0. The zero-order valence-electron chi connectivity index (χ0n) is 8.72. The fourth-order valence-electron chi connectivity index (χ4n) is 1.41. The standard InChI is InChI=1S/C12H14BrFO/c1-2-3-11(15)6-4-9-8-10(14)5-7-12(9)13/h5,7-8H,2-4,6H2,1H3. The maximum absolute atomic E-state index is 12.9. The molecule has 0 saturated heterocycles. The van der Waals surface area contributed by atoms with Gasteiger partial charge in [0.25, 0.3) is 0 Å². The van der Waals surface area contributed by atoms with E-state index in [1.165, 1.54) is 12.1 Å². The SMILES string of the molecule is CCCC(=O)CCc1cc(F)ccc1Br. The number of hydrogen-bond acceptors (Lipinski definition) is 1. The Balaban J connectivity index is 2.57. The van der Waals surface area contributed by atoms with Crippen molar-refractivity contribution in [3.63, 3.8) is 0 Å². The summed E-state index contributed by atoms with van der Waals surface area (Å²) in [6.45, 7) is 1.98. The Hall–Kier alpha value is -0.700. The van der Waals surface area contributed by atoms with E-state index in [4.69, 9.17) is 0 Å². The third kappa shape index (κ3) is 4.12.